The van der Waals surface area contributed by atoms with Gasteiger partial charge in [-0.1, -0.05) is 6.07 Å². The average Bonchev–Trinajstić information content (AvgIpc) is 3.08. The molecule has 1 amide bonds. The van der Waals surface area contributed by atoms with Crippen molar-refractivity contribution in [1.82, 2.24) is 0 Å². The van der Waals surface area contributed by atoms with Gasteiger partial charge in [-0.3, -0.25) is 4.79 Å². The van der Waals surface area contributed by atoms with Crippen LogP contribution in [0.1, 0.15) is 47.2 Å². The van der Waals surface area contributed by atoms with Crippen LogP contribution < -0.4 is 16.2 Å². The summed E-state index contributed by atoms with van der Waals surface area (Å²) in [5, 5.41) is 0. The van der Waals surface area contributed by atoms with Crippen molar-refractivity contribution in [3.05, 3.63) is 70.8 Å². The summed E-state index contributed by atoms with van der Waals surface area (Å²) in [7, 11) is 0. The molecule has 4 rings (SSSR count). The summed E-state index contributed by atoms with van der Waals surface area (Å²) in [6.45, 7) is 0. The lowest BCUT2D eigenvalue weighted by atomic mass is 9.86. The molecule has 1 heterocycles. The van der Waals surface area contributed by atoms with Crippen molar-refractivity contribution in [3.8, 4) is 5.75 Å². The molecule has 0 bridgehead atoms. The zero-order valence-corrected chi connectivity index (χ0v) is 15.0. The molecule has 0 atom stereocenters. The van der Waals surface area contributed by atoms with E-state index in [2.05, 4.69) is 4.99 Å². The quantitative estimate of drug-likeness (QED) is 0.613. The number of hydrogen-bond donors (Lipinski definition) is 2. The van der Waals surface area contributed by atoms with Gasteiger partial charge in [0.25, 0.3) is 5.91 Å². The Hall–Kier alpha value is -3.22. The van der Waals surface area contributed by atoms with Gasteiger partial charge in [0.15, 0.2) is 5.96 Å². The minimum absolute atomic E-state index is 0.134. The Morgan fingerprint density at radius 1 is 1.07 bits per heavy atom. The summed E-state index contributed by atoms with van der Waals surface area (Å²) < 4.78 is 35.4. The van der Waals surface area contributed by atoms with Crippen molar-refractivity contribution in [2.24, 2.45) is 16.5 Å². The Morgan fingerprint density at radius 2 is 1.75 bits per heavy atom. The number of halogens is 2. The van der Waals surface area contributed by atoms with E-state index < -0.39 is 23.1 Å². The van der Waals surface area contributed by atoms with Crippen molar-refractivity contribution in [2.75, 3.05) is 0 Å². The lowest BCUT2D eigenvalue weighted by molar-refractivity contribution is 0.100. The second-order valence-electron chi connectivity index (χ2n) is 7.08. The Balaban J connectivity index is 1.91. The first-order valence-corrected chi connectivity index (χ1v) is 9.03. The second-order valence-corrected chi connectivity index (χ2v) is 7.08. The van der Waals surface area contributed by atoms with E-state index in [0.29, 0.717) is 16.9 Å². The first kappa shape index (κ1) is 18.2. The molecule has 144 valence electrons. The highest BCUT2D eigenvalue weighted by molar-refractivity contribution is 6.03. The van der Waals surface area contributed by atoms with Gasteiger partial charge in [0.1, 0.15) is 23.0 Å². The van der Waals surface area contributed by atoms with E-state index in [0.717, 1.165) is 25.7 Å². The molecular weight excluding hydrogens is 364 g/mol. The van der Waals surface area contributed by atoms with Gasteiger partial charge in [-0.05, 0) is 67.7 Å². The third-order valence-corrected chi connectivity index (χ3v) is 5.15. The average molecular weight is 383 g/mol. The number of nitrogens with two attached hydrogens (primary N) is 2. The van der Waals surface area contributed by atoms with Crippen LogP contribution in [0.25, 0.3) is 5.57 Å². The highest BCUT2D eigenvalue weighted by atomic mass is 19.1. The van der Waals surface area contributed by atoms with Crippen LogP contribution in [0.15, 0.2) is 47.5 Å². The predicted octanol–water partition coefficient (Wildman–Crippen LogP) is 3.52. The molecular formula is C21H19F2N3O2. The molecule has 0 aromatic heterocycles. The van der Waals surface area contributed by atoms with Gasteiger partial charge in [0.2, 0.25) is 0 Å². The molecule has 28 heavy (non-hydrogen) atoms. The van der Waals surface area contributed by atoms with Crippen LogP contribution in [0, 0.1) is 11.6 Å². The molecule has 7 heteroatoms. The maximum Gasteiger partial charge on any atom is 0.280 e. The number of ether oxygens (including phenoxy) is 1. The molecule has 0 unspecified atom stereocenters. The van der Waals surface area contributed by atoms with E-state index in [-0.39, 0.29) is 17.1 Å². The Bertz CT molecular complexity index is 1000. The molecule has 1 fully saturated rings. The summed E-state index contributed by atoms with van der Waals surface area (Å²) in [5.41, 5.74) is 10.8. The fraction of sp³-hybridized carbons (Fsp3) is 0.238. The molecule has 2 aromatic rings. The molecule has 0 saturated heterocycles. The smallest absolute Gasteiger partial charge is 0.280 e. The van der Waals surface area contributed by atoms with Gasteiger partial charge in [0.05, 0.1) is 5.56 Å². The molecule has 2 aromatic carbocycles. The van der Waals surface area contributed by atoms with Crippen LogP contribution in [-0.2, 0) is 0 Å². The van der Waals surface area contributed by atoms with Gasteiger partial charge in [-0.15, -0.1) is 0 Å². The molecule has 1 aliphatic heterocycles. The van der Waals surface area contributed by atoms with E-state index in [4.69, 9.17) is 16.2 Å². The Kier molecular flexibility index (Phi) is 4.37. The first-order chi connectivity index (χ1) is 13.4. The number of guanidine groups is 1. The number of fused-ring (bicyclic) bond motifs is 1. The molecule has 5 nitrogen and oxygen atoms in total. The van der Waals surface area contributed by atoms with Crippen molar-refractivity contribution in [2.45, 2.75) is 31.3 Å². The third-order valence-electron chi connectivity index (χ3n) is 5.15. The van der Waals surface area contributed by atoms with E-state index in [1.165, 1.54) is 30.3 Å². The Morgan fingerprint density at radius 3 is 2.39 bits per heavy atom. The van der Waals surface area contributed by atoms with E-state index in [9.17, 15) is 13.6 Å². The lowest BCUT2D eigenvalue weighted by Crippen LogP contribution is -2.33. The van der Waals surface area contributed by atoms with Gasteiger partial charge >= 0.3 is 0 Å². The number of carbonyl (C=O) groups is 1. The molecule has 1 spiro atoms. The number of nitrogens with zero attached hydrogens (tertiary/aromatic N) is 1. The van der Waals surface area contributed by atoms with Gasteiger partial charge < -0.3 is 16.2 Å². The third kappa shape index (κ3) is 3.13. The summed E-state index contributed by atoms with van der Waals surface area (Å²) >= 11 is 0. The standard InChI is InChI=1S/C21H19F2N3O2/c22-15-4-3-5-16(23)18(15)14-11-21(8-1-2-9-21)28-17-7-6-12(10-13(14)17)19(27)26-20(24)25/h3-7,10-11H,1-2,8-9H2,(H4,24,25,26,27). The van der Waals surface area contributed by atoms with Crippen LogP contribution in [-0.4, -0.2) is 17.5 Å². The van der Waals surface area contributed by atoms with Gasteiger partial charge in [0, 0.05) is 11.1 Å². The van der Waals surface area contributed by atoms with Gasteiger partial charge in [-0.25, -0.2) is 8.78 Å². The summed E-state index contributed by atoms with van der Waals surface area (Å²) in [6.07, 6.45) is 5.26. The number of carbonyl (C=O) groups excluding carboxylic acids is 1. The van der Waals surface area contributed by atoms with Crippen molar-refractivity contribution >= 4 is 17.4 Å². The van der Waals surface area contributed by atoms with Crippen LogP contribution in [0.4, 0.5) is 8.78 Å². The van der Waals surface area contributed by atoms with Crippen LogP contribution >= 0.6 is 0 Å². The van der Waals surface area contributed by atoms with E-state index >= 15 is 0 Å². The SMILES string of the molecule is NC(N)=NC(=O)c1ccc2c(c1)C(c1c(F)cccc1F)=CC1(CCCC1)O2. The van der Waals surface area contributed by atoms with E-state index in [1.54, 1.807) is 12.1 Å². The largest absolute Gasteiger partial charge is 0.483 e. The minimum Gasteiger partial charge on any atom is -0.483 e. The fourth-order valence-electron chi connectivity index (χ4n) is 3.92. The normalized spacial score (nSPS) is 16.9. The maximum absolute atomic E-state index is 14.6. The van der Waals surface area contributed by atoms with Crippen LogP contribution in [0.2, 0.25) is 0 Å². The number of hydrogen-bond acceptors (Lipinski definition) is 2. The topological polar surface area (TPSA) is 90.7 Å². The van der Waals surface area contributed by atoms with E-state index in [1.807, 2.05) is 0 Å². The molecule has 2 aliphatic rings. The van der Waals surface area contributed by atoms with Crippen LogP contribution in [0.3, 0.4) is 0 Å². The molecule has 4 N–H and O–H groups in total. The predicted molar refractivity (Wildman–Crippen MR) is 102 cm³/mol. The maximum atomic E-state index is 14.6. The number of amides is 1. The lowest BCUT2D eigenvalue weighted by Gasteiger charge is -2.34. The minimum atomic E-state index is -0.673. The molecule has 1 saturated carbocycles. The number of aliphatic imine (C=N–C) groups is 1. The summed E-state index contributed by atoms with van der Waals surface area (Å²) in [4.78, 5) is 15.7. The summed E-state index contributed by atoms with van der Waals surface area (Å²) in [6, 6.07) is 8.41. The highest BCUT2D eigenvalue weighted by Crippen LogP contribution is 2.46. The zero-order valence-electron chi connectivity index (χ0n) is 15.0. The monoisotopic (exact) mass is 383 g/mol. The first-order valence-electron chi connectivity index (χ1n) is 9.03. The van der Waals surface area contributed by atoms with Gasteiger partial charge in [-0.2, -0.15) is 4.99 Å². The Labute approximate surface area is 160 Å². The summed E-state index contributed by atoms with van der Waals surface area (Å²) in [5.74, 6) is -1.87. The van der Waals surface area contributed by atoms with Crippen molar-refractivity contribution in [1.29, 1.82) is 0 Å². The van der Waals surface area contributed by atoms with Crippen molar-refractivity contribution in [3.63, 3.8) is 0 Å². The van der Waals surface area contributed by atoms with Crippen molar-refractivity contribution < 1.29 is 18.3 Å². The fourth-order valence-corrected chi connectivity index (χ4v) is 3.92. The van der Waals surface area contributed by atoms with Crippen LogP contribution in [0.5, 0.6) is 5.75 Å². The number of rotatable bonds is 2. The zero-order chi connectivity index (χ0) is 19.9. The second kappa shape index (κ2) is 6.74. The molecule has 1 aliphatic carbocycles. The number of benzene rings is 2. The molecule has 0 radical (unpaired) electrons. The highest BCUT2D eigenvalue weighted by Gasteiger charge is 2.39.